The molecule has 1 N–H and O–H groups in total. The second-order valence-corrected chi connectivity index (χ2v) is 9.68. The average Bonchev–Trinajstić information content (AvgIpc) is 2.62. The summed E-state index contributed by atoms with van der Waals surface area (Å²) in [5.74, 6) is 0.124. The van der Waals surface area contributed by atoms with Crippen LogP contribution in [0, 0.1) is 0 Å². The maximum atomic E-state index is 13.6. The van der Waals surface area contributed by atoms with Gasteiger partial charge in [-0.05, 0) is 79.5 Å². The summed E-state index contributed by atoms with van der Waals surface area (Å²) in [7, 11) is 0. The van der Waals surface area contributed by atoms with Gasteiger partial charge in [-0.15, -0.1) is 0 Å². The van der Waals surface area contributed by atoms with Crippen molar-refractivity contribution >= 4 is 53.7 Å². The Hall–Kier alpha value is -0.0700. The lowest BCUT2D eigenvalue weighted by atomic mass is 9.88. The number of carbonyl (C=O) groups is 1. The van der Waals surface area contributed by atoms with Crippen LogP contribution < -0.4 is 0 Å². The molecule has 0 bridgehead atoms. The van der Waals surface area contributed by atoms with Gasteiger partial charge in [0.15, 0.2) is 0 Å². The first-order valence-corrected chi connectivity index (χ1v) is 11.6. The fourth-order valence-corrected chi connectivity index (χ4v) is 6.71. The zero-order valence-electron chi connectivity index (χ0n) is 14.2. The molecule has 3 rings (SSSR count). The number of hydrogen-bond donors (Lipinski definition) is 1. The lowest BCUT2D eigenvalue weighted by Gasteiger charge is -2.42. The molecule has 138 valence electrons. The third kappa shape index (κ3) is 4.27. The molecule has 0 heterocycles. The molecule has 0 unspecified atom stereocenters. The van der Waals surface area contributed by atoms with Gasteiger partial charge in [-0.3, -0.25) is 4.79 Å². The van der Waals surface area contributed by atoms with Crippen molar-refractivity contribution in [3.05, 3.63) is 25.0 Å². The first kappa shape index (κ1) is 19.7. The van der Waals surface area contributed by atoms with Crippen LogP contribution in [0.25, 0.3) is 0 Å². The molecule has 2 saturated carbocycles. The number of hydrogen-bond acceptors (Lipinski definition) is 2. The maximum absolute atomic E-state index is 13.6. The lowest BCUT2D eigenvalue weighted by Crippen LogP contribution is -2.49. The number of phenols is 1. The minimum atomic E-state index is 0.0420. The number of phenolic OH excluding ortho intramolecular Hbond substituents is 1. The predicted octanol–water partition coefficient (Wildman–Crippen LogP) is 6.79. The Morgan fingerprint density at radius 3 is 1.84 bits per heavy atom. The Labute approximate surface area is 174 Å². The number of benzene rings is 1. The fraction of sp³-hybridized carbons (Fsp3) is 0.632. The molecular formula is C19H24Br3NO2. The molecule has 0 spiro atoms. The van der Waals surface area contributed by atoms with E-state index in [1.807, 2.05) is 0 Å². The average molecular weight is 538 g/mol. The molecule has 3 nitrogen and oxygen atoms in total. The van der Waals surface area contributed by atoms with E-state index in [0.29, 0.717) is 31.1 Å². The number of halogens is 3. The zero-order chi connectivity index (χ0) is 18.0. The van der Waals surface area contributed by atoms with Gasteiger partial charge in [-0.25, -0.2) is 0 Å². The minimum Gasteiger partial charge on any atom is -0.506 e. The van der Waals surface area contributed by atoms with Gasteiger partial charge in [0.25, 0.3) is 5.91 Å². The molecule has 2 aliphatic carbocycles. The van der Waals surface area contributed by atoms with E-state index < -0.39 is 0 Å². The van der Waals surface area contributed by atoms with E-state index in [1.165, 1.54) is 38.5 Å². The predicted molar refractivity (Wildman–Crippen MR) is 111 cm³/mol. The number of rotatable bonds is 3. The van der Waals surface area contributed by atoms with Crippen molar-refractivity contribution in [1.29, 1.82) is 0 Å². The molecule has 2 aliphatic rings. The fourth-order valence-electron chi connectivity index (χ4n) is 4.25. The Morgan fingerprint density at radius 2 is 1.36 bits per heavy atom. The molecule has 0 atom stereocenters. The quantitative estimate of drug-likeness (QED) is 0.461. The number of amides is 1. The highest BCUT2D eigenvalue weighted by Gasteiger charge is 2.35. The highest BCUT2D eigenvalue weighted by molar-refractivity contribution is 9.11. The summed E-state index contributed by atoms with van der Waals surface area (Å²) >= 11 is 10.3. The van der Waals surface area contributed by atoms with Crippen LogP contribution in [0.3, 0.4) is 0 Å². The molecule has 0 saturated heterocycles. The molecular weight excluding hydrogens is 514 g/mol. The van der Waals surface area contributed by atoms with Crippen LogP contribution in [-0.2, 0) is 0 Å². The molecule has 0 aromatic heterocycles. The first-order chi connectivity index (χ1) is 12.0. The van der Waals surface area contributed by atoms with Crippen molar-refractivity contribution in [2.45, 2.75) is 76.3 Å². The minimum absolute atomic E-state index is 0.0420. The van der Waals surface area contributed by atoms with Crippen LogP contribution in [0.1, 0.15) is 74.6 Å². The highest BCUT2D eigenvalue weighted by atomic mass is 79.9. The standard InChI is InChI=1S/C19H24Br3NO2/c20-14-11-15(21)18(24)17(22)16(14)19(25)23(12-7-3-1-4-8-12)13-9-5-2-6-10-13/h11-13,24H,1-10H2. The topological polar surface area (TPSA) is 40.5 Å². The molecule has 2 fully saturated rings. The molecule has 1 aromatic rings. The van der Waals surface area contributed by atoms with Gasteiger partial charge in [-0.1, -0.05) is 38.5 Å². The normalized spacial score (nSPS) is 19.8. The van der Waals surface area contributed by atoms with Crippen molar-refractivity contribution < 1.29 is 9.90 Å². The van der Waals surface area contributed by atoms with Crippen LogP contribution in [0.2, 0.25) is 0 Å². The van der Waals surface area contributed by atoms with Crippen LogP contribution in [0.15, 0.2) is 19.5 Å². The van der Waals surface area contributed by atoms with Crippen LogP contribution >= 0.6 is 47.8 Å². The summed E-state index contributed by atoms with van der Waals surface area (Å²) in [4.78, 5) is 15.8. The van der Waals surface area contributed by atoms with Gasteiger partial charge in [0, 0.05) is 16.6 Å². The number of aromatic hydroxyl groups is 1. The molecule has 0 radical (unpaired) electrons. The largest absolute Gasteiger partial charge is 0.506 e. The van der Waals surface area contributed by atoms with Crippen molar-refractivity contribution in [3.8, 4) is 5.75 Å². The second-order valence-electron chi connectivity index (χ2n) is 7.17. The Kier molecular flexibility index (Phi) is 6.89. The molecule has 1 amide bonds. The van der Waals surface area contributed by atoms with E-state index >= 15 is 0 Å². The molecule has 0 aliphatic heterocycles. The third-order valence-corrected chi connectivity index (χ3v) is 7.53. The number of nitrogens with zero attached hydrogens (tertiary/aromatic N) is 1. The van der Waals surface area contributed by atoms with Gasteiger partial charge < -0.3 is 10.0 Å². The van der Waals surface area contributed by atoms with Crippen molar-refractivity contribution in [3.63, 3.8) is 0 Å². The van der Waals surface area contributed by atoms with E-state index in [9.17, 15) is 9.90 Å². The van der Waals surface area contributed by atoms with Gasteiger partial charge >= 0.3 is 0 Å². The van der Waals surface area contributed by atoms with Crippen LogP contribution in [0.5, 0.6) is 5.75 Å². The monoisotopic (exact) mass is 535 g/mol. The van der Waals surface area contributed by atoms with Crippen LogP contribution in [-0.4, -0.2) is 28.0 Å². The van der Waals surface area contributed by atoms with E-state index in [0.717, 1.165) is 25.7 Å². The van der Waals surface area contributed by atoms with Gasteiger partial charge in [0.2, 0.25) is 0 Å². The van der Waals surface area contributed by atoms with E-state index in [4.69, 9.17) is 0 Å². The summed E-state index contributed by atoms with van der Waals surface area (Å²) in [5.41, 5.74) is 0.539. The van der Waals surface area contributed by atoms with E-state index in [2.05, 4.69) is 52.7 Å². The SMILES string of the molecule is O=C(c1c(Br)cc(Br)c(O)c1Br)N(C1CCCCC1)C1CCCCC1. The van der Waals surface area contributed by atoms with Gasteiger partial charge in [0.1, 0.15) is 5.75 Å². The third-order valence-electron chi connectivity index (χ3n) is 5.53. The second kappa shape index (κ2) is 8.75. The maximum Gasteiger partial charge on any atom is 0.256 e. The van der Waals surface area contributed by atoms with Gasteiger partial charge in [-0.2, -0.15) is 0 Å². The Bertz CT molecular complexity index is 620. The Balaban J connectivity index is 1.97. The smallest absolute Gasteiger partial charge is 0.256 e. The van der Waals surface area contributed by atoms with E-state index in [-0.39, 0.29) is 11.7 Å². The molecule has 6 heteroatoms. The van der Waals surface area contributed by atoms with Crippen molar-refractivity contribution in [2.75, 3.05) is 0 Å². The summed E-state index contributed by atoms with van der Waals surface area (Å²) < 4.78 is 1.76. The van der Waals surface area contributed by atoms with Gasteiger partial charge in [0.05, 0.1) is 14.5 Å². The lowest BCUT2D eigenvalue weighted by molar-refractivity contribution is 0.0446. The summed E-state index contributed by atoms with van der Waals surface area (Å²) in [5, 5.41) is 10.3. The summed E-state index contributed by atoms with van der Waals surface area (Å²) in [6.45, 7) is 0. The van der Waals surface area contributed by atoms with Crippen molar-refractivity contribution in [1.82, 2.24) is 4.90 Å². The van der Waals surface area contributed by atoms with Crippen LogP contribution in [0.4, 0.5) is 0 Å². The molecule has 25 heavy (non-hydrogen) atoms. The summed E-state index contributed by atoms with van der Waals surface area (Å²) in [6, 6.07) is 2.41. The highest BCUT2D eigenvalue weighted by Crippen LogP contribution is 2.41. The number of carbonyl (C=O) groups excluding carboxylic acids is 1. The molecule has 1 aromatic carbocycles. The Morgan fingerprint density at radius 1 is 0.880 bits per heavy atom. The first-order valence-electron chi connectivity index (χ1n) is 9.20. The summed E-state index contributed by atoms with van der Waals surface area (Å²) in [6.07, 6.45) is 11.7. The van der Waals surface area contributed by atoms with E-state index in [1.54, 1.807) is 6.07 Å². The van der Waals surface area contributed by atoms with Crippen molar-refractivity contribution in [2.24, 2.45) is 0 Å². The zero-order valence-corrected chi connectivity index (χ0v) is 19.0.